The number of hydrogen-bond acceptors (Lipinski definition) is 5. The molecule has 0 aromatic rings. The molecule has 3 unspecified atom stereocenters. The van der Waals surface area contributed by atoms with E-state index >= 15 is 0 Å². The van der Waals surface area contributed by atoms with Gasteiger partial charge in [0.25, 0.3) is 0 Å². The van der Waals surface area contributed by atoms with Crippen LogP contribution in [-0.4, -0.2) is 46.9 Å². The lowest BCUT2D eigenvalue weighted by atomic mass is 10.0. The fraction of sp³-hybridized carbons (Fsp3) is 0.552. The van der Waals surface area contributed by atoms with Crippen molar-refractivity contribution in [3.05, 3.63) is 146 Å². The molecule has 0 heterocycles. The topological polar surface area (TPSA) is 95.9 Å². The van der Waals surface area contributed by atoms with E-state index in [2.05, 4.69) is 99.0 Å². The van der Waals surface area contributed by atoms with Gasteiger partial charge in [0, 0.05) is 6.42 Å². The molecule has 64 heavy (non-hydrogen) atoms. The van der Waals surface area contributed by atoms with E-state index < -0.39 is 18.2 Å². The van der Waals surface area contributed by atoms with Gasteiger partial charge in [0.2, 0.25) is 5.91 Å². The van der Waals surface area contributed by atoms with E-state index in [4.69, 9.17) is 4.74 Å². The summed E-state index contributed by atoms with van der Waals surface area (Å²) in [4.78, 5) is 26.1. The van der Waals surface area contributed by atoms with Gasteiger partial charge < -0.3 is 20.3 Å². The lowest BCUT2D eigenvalue weighted by Gasteiger charge is -2.23. The molecule has 0 radical (unpaired) electrons. The second-order valence-electron chi connectivity index (χ2n) is 16.3. The number of carbonyl (C=O) groups is 2. The monoisotopic (exact) mass is 882 g/mol. The van der Waals surface area contributed by atoms with E-state index in [1.807, 2.05) is 66.8 Å². The first kappa shape index (κ1) is 59.7. The number of rotatable bonds is 42. The average Bonchev–Trinajstić information content (AvgIpc) is 3.29. The van der Waals surface area contributed by atoms with Crippen LogP contribution < -0.4 is 5.32 Å². The van der Waals surface area contributed by atoms with Crippen molar-refractivity contribution in [2.75, 3.05) is 6.61 Å². The Bertz CT molecular complexity index is 1450. The summed E-state index contributed by atoms with van der Waals surface area (Å²) in [7, 11) is 0. The van der Waals surface area contributed by atoms with Crippen molar-refractivity contribution in [1.82, 2.24) is 5.32 Å². The first-order chi connectivity index (χ1) is 31.5. The molecule has 0 aromatic heterocycles. The number of aliphatic hydroxyl groups excluding tert-OH is 2. The van der Waals surface area contributed by atoms with Crippen molar-refractivity contribution in [2.24, 2.45) is 0 Å². The van der Waals surface area contributed by atoms with Crippen LogP contribution in [0, 0.1) is 0 Å². The van der Waals surface area contributed by atoms with E-state index in [0.29, 0.717) is 19.3 Å². The first-order valence-electron chi connectivity index (χ1n) is 25.2. The largest absolute Gasteiger partial charge is 0.458 e. The molecule has 0 rings (SSSR count). The van der Waals surface area contributed by atoms with Gasteiger partial charge in [0.1, 0.15) is 6.10 Å². The van der Waals surface area contributed by atoms with Crippen LogP contribution in [0.4, 0.5) is 0 Å². The molecule has 0 bridgehead atoms. The Morgan fingerprint density at radius 1 is 0.500 bits per heavy atom. The molecule has 358 valence electrons. The zero-order valence-corrected chi connectivity index (χ0v) is 40.6. The summed E-state index contributed by atoms with van der Waals surface area (Å²) in [6, 6.07) is -0.763. The molecule has 3 atom stereocenters. The molecule has 0 aliphatic rings. The second-order valence-corrected chi connectivity index (χ2v) is 16.3. The molecule has 0 aromatic carbocycles. The summed E-state index contributed by atoms with van der Waals surface area (Å²) in [5.74, 6) is -0.699. The van der Waals surface area contributed by atoms with Gasteiger partial charge in [0.15, 0.2) is 0 Å². The van der Waals surface area contributed by atoms with Crippen molar-refractivity contribution < 1.29 is 24.5 Å². The van der Waals surface area contributed by atoms with Crippen molar-refractivity contribution >= 4 is 11.9 Å². The molecule has 0 spiro atoms. The SMILES string of the molecule is CC\C=C/C=C/C=C/C=C\C=C\C=C\CCCCCC(=O)OC(/C=C\C/C=C\C/C=C\C/C=C\C/C=C\C/C=C\CC)CC(=O)NC(CO)C(O)CCCCCCCCCCCCC. The summed E-state index contributed by atoms with van der Waals surface area (Å²) >= 11 is 0. The van der Waals surface area contributed by atoms with Gasteiger partial charge in [-0.15, -0.1) is 0 Å². The number of amides is 1. The average molecular weight is 882 g/mol. The van der Waals surface area contributed by atoms with Crippen molar-refractivity contribution in [1.29, 1.82) is 0 Å². The Kier molecular flexibility index (Phi) is 46.4. The minimum atomic E-state index is -0.838. The lowest BCUT2D eigenvalue weighted by Crippen LogP contribution is -2.46. The highest BCUT2D eigenvalue weighted by Gasteiger charge is 2.23. The number of unbranched alkanes of at least 4 members (excludes halogenated alkanes) is 13. The molecule has 1 amide bonds. The predicted molar refractivity (Wildman–Crippen MR) is 277 cm³/mol. The summed E-state index contributed by atoms with van der Waals surface area (Å²) in [6.07, 6.45) is 72.1. The fourth-order valence-corrected chi connectivity index (χ4v) is 6.57. The molecular formula is C58H91NO5. The Labute approximate surface area is 392 Å². The zero-order valence-electron chi connectivity index (χ0n) is 40.6. The number of aliphatic hydroxyl groups is 2. The number of allylic oxidation sites excluding steroid dienone is 23. The third-order valence-electron chi connectivity index (χ3n) is 10.3. The molecule has 0 saturated carbocycles. The van der Waals surface area contributed by atoms with Gasteiger partial charge in [-0.05, 0) is 76.7 Å². The Morgan fingerprint density at radius 2 is 0.938 bits per heavy atom. The molecular weight excluding hydrogens is 791 g/mol. The lowest BCUT2D eigenvalue weighted by molar-refractivity contribution is -0.148. The maximum Gasteiger partial charge on any atom is 0.306 e. The molecule has 0 fully saturated rings. The predicted octanol–water partition coefficient (Wildman–Crippen LogP) is 15.2. The maximum atomic E-state index is 13.2. The minimum Gasteiger partial charge on any atom is -0.458 e. The third-order valence-corrected chi connectivity index (χ3v) is 10.3. The van der Waals surface area contributed by atoms with Gasteiger partial charge in [0.05, 0.1) is 25.2 Å². The molecule has 0 saturated heterocycles. The highest BCUT2D eigenvalue weighted by atomic mass is 16.5. The van der Waals surface area contributed by atoms with Gasteiger partial charge in [-0.2, -0.15) is 0 Å². The van der Waals surface area contributed by atoms with E-state index in [0.717, 1.165) is 77.0 Å². The van der Waals surface area contributed by atoms with Crippen molar-refractivity contribution in [2.45, 2.75) is 200 Å². The maximum absolute atomic E-state index is 13.2. The van der Waals surface area contributed by atoms with Crippen LogP contribution in [-0.2, 0) is 14.3 Å². The van der Waals surface area contributed by atoms with Gasteiger partial charge in [-0.1, -0.05) is 238 Å². The quantitative estimate of drug-likeness (QED) is 0.0246. The molecule has 3 N–H and O–H groups in total. The number of carbonyl (C=O) groups excluding carboxylic acids is 2. The Balaban J connectivity index is 4.92. The zero-order chi connectivity index (χ0) is 46.7. The highest BCUT2D eigenvalue weighted by Crippen LogP contribution is 2.15. The Hall–Kier alpha value is -4.26. The van der Waals surface area contributed by atoms with E-state index in [1.165, 1.54) is 51.4 Å². The van der Waals surface area contributed by atoms with Crippen molar-refractivity contribution in [3.63, 3.8) is 0 Å². The van der Waals surface area contributed by atoms with Gasteiger partial charge in [-0.25, -0.2) is 0 Å². The minimum absolute atomic E-state index is 0.0763. The van der Waals surface area contributed by atoms with Crippen LogP contribution in [0.1, 0.15) is 181 Å². The van der Waals surface area contributed by atoms with Gasteiger partial charge >= 0.3 is 5.97 Å². The molecule has 0 aliphatic heterocycles. The normalized spacial score (nSPS) is 14.5. The summed E-state index contributed by atoms with van der Waals surface area (Å²) in [5.41, 5.74) is 0. The van der Waals surface area contributed by atoms with Crippen molar-refractivity contribution in [3.8, 4) is 0 Å². The van der Waals surface area contributed by atoms with Crippen LogP contribution in [0.5, 0.6) is 0 Å². The van der Waals surface area contributed by atoms with Crippen LogP contribution >= 0.6 is 0 Å². The van der Waals surface area contributed by atoms with Gasteiger partial charge in [-0.3, -0.25) is 9.59 Å². The highest BCUT2D eigenvalue weighted by molar-refractivity contribution is 5.78. The van der Waals surface area contributed by atoms with Crippen LogP contribution in [0.25, 0.3) is 0 Å². The van der Waals surface area contributed by atoms with Crippen LogP contribution in [0.2, 0.25) is 0 Å². The van der Waals surface area contributed by atoms with E-state index in [-0.39, 0.29) is 31.3 Å². The van der Waals surface area contributed by atoms with E-state index in [9.17, 15) is 19.8 Å². The standard InChI is InChI=1S/C58H91NO5/c1-4-7-10-13-16-19-22-24-26-28-30-32-35-37-40-43-46-49-54(52-57(62)59-55(53-60)56(61)50-47-44-41-38-34-21-18-15-12-9-6-3)64-58(63)51-48-45-42-39-36-33-31-29-27-25-23-20-17-14-11-8-5-2/h7-8,10-11,14,16-17,19-20,23-27,29-33,36-37,40,46,49,54-56,60-61H,4-6,9,12-13,15,18,21-22,28,34-35,38-39,41-45,47-48,50-53H2,1-3H3,(H,59,62)/b10-7-,11-8-,17-14+,19-16-,23-20+,26-24-,27-25-,31-29+,32-30-,36-33+,40-37-,49-46-. The van der Waals surface area contributed by atoms with E-state index in [1.54, 1.807) is 6.08 Å². The molecule has 0 aliphatic carbocycles. The number of esters is 1. The Morgan fingerprint density at radius 3 is 1.44 bits per heavy atom. The fourth-order valence-electron chi connectivity index (χ4n) is 6.57. The third kappa shape index (κ3) is 44.4. The molecule has 6 nitrogen and oxygen atoms in total. The summed E-state index contributed by atoms with van der Waals surface area (Å²) < 4.78 is 5.80. The summed E-state index contributed by atoms with van der Waals surface area (Å²) in [5, 5.41) is 23.6. The first-order valence-corrected chi connectivity index (χ1v) is 25.2. The second kappa shape index (κ2) is 49.8. The number of hydrogen-bond donors (Lipinski definition) is 3. The smallest absolute Gasteiger partial charge is 0.306 e. The van der Waals surface area contributed by atoms with Crippen LogP contribution in [0.15, 0.2) is 146 Å². The summed E-state index contributed by atoms with van der Waals surface area (Å²) in [6.45, 7) is 6.15. The number of nitrogens with one attached hydrogen (secondary N) is 1. The molecule has 6 heteroatoms. The van der Waals surface area contributed by atoms with Crippen LogP contribution in [0.3, 0.4) is 0 Å². The number of ether oxygens (including phenoxy) is 1.